The van der Waals surface area contributed by atoms with Crippen LogP contribution in [0.25, 0.3) is 0 Å². The third kappa shape index (κ3) is 4.11. The van der Waals surface area contributed by atoms with Crippen LogP contribution in [0.2, 0.25) is 5.02 Å². The lowest BCUT2D eigenvalue weighted by molar-refractivity contribution is 0.354. The first-order valence-corrected chi connectivity index (χ1v) is 9.77. The predicted octanol–water partition coefficient (Wildman–Crippen LogP) is 4.50. The van der Waals surface area contributed by atoms with E-state index in [1.165, 1.54) is 36.7 Å². The lowest BCUT2D eigenvalue weighted by Gasteiger charge is -2.24. The Morgan fingerprint density at radius 1 is 1.16 bits per heavy atom. The summed E-state index contributed by atoms with van der Waals surface area (Å²) >= 11 is 9.41. The van der Waals surface area contributed by atoms with Gasteiger partial charge < -0.3 is 9.47 Å². The molecule has 0 aliphatic heterocycles. The second-order valence-electron chi connectivity index (χ2n) is 4.94. The van der Waals surface area contributed by atoms with E-state index in [-0.39, 0.29) is 11.4 Å². The van der Waals surface area contributed by atoms with Gasteiger partial charge in [0.2, 0.25) is 0 Å². The number of rotatable bonds is 7. The standard InChI is InChI=1S/C17H17BrClNO4S/c1-4-9-20(12-5-7-14(18)15(19)10-12)25(21,22)13-6-8-16(23-2)17(11-13)24-3/h4-8,10-11H,1,9H2,2-3H3. The fourth-order valence-corrected chi connectivity index (χ4v) is 4.07. The Balaban J connectivity index is 2.56. The van der Waals surface area contributed by atoms with E-state index >= 15 is 0 Å². The molecule has 0 bridgehead atoms. The largest absolute Gasteiger partial charge is 0.493 e. The van der Waals surface area contributed by atoms with Crippen LogP contribution in [0, 0.1) is 0 Å². The van der Waals surface area contributed by atoms with Crippen LogP contribution in [0.15, 0.2) is 58.4 Å². The molecule has 2 rings (SSSR count). The summed E-state index contributed by atoms with van der Waals surface area (Å²) in [5.74, 6) is 0.777. The van der Waals surface area contributed by atoms with Crippen LogP contribution in [-0.4, -0.2) is 29.2 Å². The molecular formula is C17H17BrClNO4S. The Labute approximate surface area is 161 Å². The van der Waals surface area contributed by atoms with Crippen molar-refractivity contribution in [1.29, 1.82) is 0 Å². The highest BCUT2D eigenvalue weighted by atomic mass is 79.9. The highest BCUT2D eigenvalue weighted by Gasteiger charge is 2.26. The minimum Gasteiger partial charge on any atom is -0.493 e. The summed E-state index contributed by atoms with van der Waals surface area (Å²) in [6, 6.07) is 9.37. The molecule has 134 valence electrons. The molecule has 0 N–H and O–H groups in total. The number of methoxy groups -OCH3 is 2. The molecule has 0 spiro atoms. The summed E-state index contributed by atoms with van der Waals surface area (Å²) in [5, 5.41) is 0.411. The zero-order valence-corrected chi connectivity index (χ0v) is 16.9. The number of ether oxygens (including phenoxy) is 2. The normalized spacial score (nSPS) is 11.0. The van der Waals surface area contributed by atoms with E-state index in [1.54, 1.807) is 24.3 Å². The molecule has 0 radical (unpaired) electrons. The van der Waals surface area contributed by atoms with Crippen molar-refractivity contribution in [2.75, 3.05) is 25.1 Å². The Morgan fingerprint density at radius 2 is 1.84 bits per heavy atom. The minimum absolute atomic E-state index is 0.0750. The van der Waals surface area contributed by atoms with Gasteiger partial charge in [0.25, 0.3) is 10.0 Å². The van der Waals surface area contributed by atoms with Crippen molar-refractivity contribution in [3.63, 3.8) is 0 Å². The maximum absolute atomic E-state index is 13.1. The van der Waals surface area contributed by atoms with Gasteiger partial charge in [-0.3, -0.25) is 4.31 Å². The number of benzene rings is 2. The van der Waals surface area contributed by atoms with Crippen molar-refractivity contribution >= 4 is 43.2 Å². The van der Waals surface area contributed by atoms with Gasteiger partial charge in [0.05, 0.1) is 36.4 Å². The molecule has 0 atom stereocenters. The van der Waals surface area contributed by atoms with Crippen LogP contribution in [0.3, 0.4) is 0 Å². The van der Waals surface area contributed by atoms with Crippen LogP contribution in [0.1, 0.15) is 0 Å². The number of anilines is 1. The lowest BCUT2D eigenvalue weighted by atomic mass is 10.3. The van der Waals surface area contributed by atoms with E-state index in [4.69, 9.17) is 21.1 Å². The third-order valence-corrected chi connectivity index (χ3v) is 6.45. The zero-order chi connectivity index (χ0) is 18.6. The van der Waals surface area contributed by atoms with Gasteiger partial charge in [-0.05, 0) is 46.3 Å². The van der Waals surface area contributed by atoms with Gasteiger partial charge in [-0.1, -0.05) is 17.7 Å². The predicted molar refractivity (Wildman–Crippen MR) is 103 cm³/mol. The van der Waals surface area contributed by atoms with Gasteiger partial charge >= 0.3 is 0 Å². The molecule has 0 saturated carbocycles. The van der Waals surface area contributed by atoms with Crippen LogP contribution in [0.4, 0.5) is 5.69 Å². The molecule has 0 aliphatic carbocycles. The highest BCUT2D eigenvalue weighted by molar-refractivity contribution is 9.10. The summed E-state index contributed by atoms with van der Waals surface area (Å²) in [6.45, 7) is 3.73. The van der Waals surface area contributed by atoms with Gasteiger partial charge in [-0.2, -0.15) is 0 Å². The van der Waals surface area contributed by atoms with E-state index in [0.717, 1.165) is 0 Å². The van der Waals surface area contributed by atoms with E-state index in [1.807, 2.05) is 0 Å². The van der Waals surface area contributed by atoms with Gasteiger partial charge in [-0.25, -0.2) is 8.42 Å². The Morgan fingerprint density at radius 3 is 2.40 bits per heavy atom. The smallest absolute Gasteiger partial charge is 0.264 e. The molecular weight excluding hydrogens is 430 g/mol. The SMILES string of the molecule is C=CCN(c1ccc(Br)c(Cl)c1)S(=O)(=O)c1ccc(OC)c(OC)c1. The van der Waals surface area contributed by atoms with Gasteiger partial charge in [0, 0.05) is 10.5 Å². The summed E-state index contributed by atoms with van der Waals surface area (Å²) in [7, 11) is -0.916. The Hall–Kier alpha value is -1.70. The van der Waals surface area contributed by atoms with Crippen molar-refractivity contribution in [2.24, 2.45) is 0 Å². The van der Waals surface area contributed by atoms with Crippen molar-refractivity contribution in [1.82, 2.24) is 0 Å². The number of halogens is 2. The first kappa shape index (κ1) is 19.6. The van der Waals surface area contributed by atoms with Gasteiger partial charge in [-0.15, -0.1) is 6.58 Å². The molecule has 2 aromatic rings. The van der Waals surface area contributed by atoms with Crippen molar-refractivity contribution < 1.29 is 17.9 Å². The first-order valence-electron chi connectivity index (χ1n) is 7.16. The molecule has 0 aliphatic rings. The van der Waals surface area contributed by atoms with Crippen LogP contribution < -0.4 is 13.8 Å². The first-order chi connectivity index (χ1) is 11.8. The summed E-state index contributed by atoms with van der Waals surface area (Å²) in [6.07, 6.45) is 1.51. The second-order valence-corrected chi connectivity index (χ2v) is 8.06. The average Bonchev–Trinajstić information content (AvgIpc) is 2.61. The van der Waals surface area contributed by atoms with E-state index in [9.17, 15) is 8.42 Å². The maximum Gasteiger partial charge on any atom is 0.264 e. The molecule has 0 unspecified atom stereocenters. The van der Waals surface area contributed by atoms with Crippen LogP contribution in [-0.2, 0) is 10.0 Å². The van der Waals surface area contributed by atoms with Crippen molar-refractivity contribution in [3.05, 3.63) is 58.5 Å². The molecule has 5 nitrogen and oxygen atoms in total. The quantitative estimate of drug-likeness (QED) is 0.588. The average molecular weight is 447 g/mol. The molecule has 25 heavy (non-hydrogen) atoms. The molecule has 0 aromatic heterocycles. The van der Waals surface area contributed by atoms with Crippen LogP contribution in [0.5, 0.6) is 11.5 Å². The van der Waals surface area contributed by atoms with Gasteiger partial charge in [0.1, 0.15) is 0 Å². The highest BCUT2D eigenvalue weighted by Crippen LogP contribution is 2.34. The van der Waals surface area contributed by atoms with Crippen molar-refractivity contribution in [3.8, 4) is 11.5 Å². The summed E-state index contributed by atoms with van der Waals surface area (Å²) in [5.41, 5.74) is 0.433. The lowest BCUT2D eigenvalue weighted by Crippen LogP contribution is -2.31. The molecule has 0 amide bonds. The zero-order valence-electron chi connectivity index (χ0n) is 13.7. The third-order valence-electron chi connectivity index (χ3n) is 3.43. The van der Waals surface area contributed by atoms with Crippen LogP contribution >= 0.6 is 27.5 Å². The summed E-state index contributed by atoms with van der Waals surface area (Å²) < 4.78 is 38.5. The van der Waals surface area contributed by atoms with Gasteiger partial charge in [0.15, 0.2) is 11.5 Å². The fraction of sp³-hybridized carbons (Fsp3) is 0.176. The molecule has 8 heteroatoms. The number of hydrogen-bond acceptors (Lipinski definition) is 4. The maximum atomic E-state index is 13.1. The molecule has 2 aromatic carbocycles. The van der Waals surface area contributed by atoms with E-state index < -0.39 is 10.0 Å². The molecule has 0 heterocycles. The number of hydrogen-bond donors (Lipinski definition) is 0. The summed E-state index contributed by atoms with van der Waals surface area (Å²) in [4.78, 5) is 0.0750. The fourth-order valence-electron chi connectivity index (χ4n) is 2.20. The molecule has 0 fully saturated rings. The molecule has 0 saturated heterocycles. The Kier molecular flexibility index (Phi) is 6.37. The van der Waals surface area contributed by atoms with E-state index in [2.05, 4.69) is 22.5 Å². The Bertz CT molecular complexity index is 886. The monoisotopic (exact) mass is 445 g/mol. The van der Waals surface area contributed by atoms with Crippen molar-refractivity contribution in [2.45, 2.75) is 4.90 Å². The topological polar surface area (TPSA) is 55.8 Å². The second kappa shape index (κ2) is 8.12. The van der Waals surface area contributed by atoms with E-state index in [0.29, 0.717) is 26.7 Å². The minimum atomic E-state index is -3.85. The number of nitrogens with zero attached hydrogens (tertiary/aromatic N) is 1. The number of sulfonamides is 1.